The van der Waals surface area contributed by atoms with Gasteiger partial charge in [-0.25, -0.2) is 0 Å². The van der Waals surface area contributed by atoms with Crippen molar-refractivity contribution in [3.63, 3.8) is 0 Å². The summed E-state index contributed by atoms with van der Waals surface area (Å²) >= 11 is 3.30. The number of nitrogen functional groups attached to an aromatic ring is 1. The fraction of sp³-hybridized carbons (Fsp3) is 0.0714. The van der Waals surface area contributed by atoms with E-state index in [4.69, 9.17) is 15.2 Å². The minimum Gasteiger partial charge on any atom is -0.454 e. The van der Waals surface area contributed by atoms with Gasteiger partial charge in [-0.05, 0) is 30.3 Å². The van der Waals surface area contributed by atoms with Gasteiger partial charge in [0, 0.05) is 21.9 Å². The van der Waals surface area contributed by atoms with Gasteiger partial charge in [-0.3, -0.25) is 4.79 Å². The molecular weight excluding hydrogens is 324 g/mol. The van der Waals surface area contributed by atoms with Crippen LogP contribution in [0.15, 0.2) is 40.9 Å². The molecule has 3 rings (SSSR count). The Morgan fingerprint density at radius 3 is 2.75 bits per heavy atom. The van der Waals surface area contributed by atoms with Crippen molar-refractivity contribution in [2.75, 3.05) is 17.8 Å². The molecule has 1 amide bonds. The summed E-state index contributed by atoms with van der Waals surface area (Å²) in [6.07, 6.45) is 0. The van der Waals surface area contributed by atoms with Gasteiger partial charge in [0.05, 0.1) is 5.56 Å². The molecule has 1 aliphatic heterocycles. The van der Waals surface area contributed by atoms with Crippen LogP contribution >= 0.6 is 15.9 Å². The summed E-state index contributed by atoms with van der Waals surface area (Å²) in [6, 6.07) is 10.3. The third-order valence-corrected chi connectivity index (χ3v) is 3.38. The van der Waals surface area contributed by atoms with Gasteiger partial charge in [0.25, 0.3) is 5.91 Å². The molecule has 1 aliphatic rings. The highest BCUT2D eigenvalue weighted by molar-refractivity contribution is 9.10. The van der Waals surface area contributed by atoms with E-state index in [9.17, 15) is 4.79 Å². The van der Waals surface area contributed by atoms with Crippen molar-refractivity contribution in [1.82, 2.24) is 0 Å². The fourth-order valence-electron chi connectivity index (χ4n) is 1.91. The van der Waals surface area contributed by atoms with Crippen molar-refractivity contribution in [1.29, 1.82) is 0 Å². The number of ether oxygens (including phenoxy) is 2. The number of rotatable bonds is 2. The van der Waals surface area contributed by atoms with Gasteiger partial charge in [-0.1, -0.05) is 15.9 Å². The summed E-state index contributed by atoms with van der Waals surface area (Å²) in [6.45, 7) is 0.201. The van der Waals surface area contributed by atoms with Gasteiger partial charge in [-0.15, -0.1) is 0 Å². The van der Waals surface area contributed by atoms with Crippen LogP contribution in [0.3, 0.4) is 0 Å². The minimum absolute atomic E-state index is 0.201. The molecule has 0 bridgehead atoms. The molecule has 102 valence electrons. The topological polar surface area (TPSA) is 73.6 Å². The molecule has 2 aromatic rings. The van der Waals surface area contributed by atoms with E-state index >= 15 is 0 Å². The summed E-state index contributed by atoms with van der Waals surface area (Å²) in [5.41, 5.74) is 7.29. The summed E-state index contributed by atoms with van der Waals surface area (Å²) in [5, 5.41) is 2.78. The van der Waals surface area contributed by atoms with Crippen LogP contribution in [0.5, 0.6) is 11.5 Å². The van der Waals surface area contributed by atoms with Crippen molar-refractivity contribution in [2.45, 2.75) is 0 Å². The summed E-state index contributed by atoms with van der Waals surface area (Å²) in [4.78, 5) is 12.2. The molecule has 0 radical (unpaired) electrons. The Bertz CT molecular complexity index is 688. The first-order valence-corrected chi connectivity index (χ1v) is 6.69. The van der Waals surface area contributed by atoms with Crippen molar-refractivity contribution in [2.24, 2.45) is 0 Å². The van der Waals surface area contributed by atoms with Crippen LogP contribution in [0.2, 0.25) is 0 Å². The van der Waals surface area contributed by atoms with Crippen LogP contribution in [0, 0.1) is 0 Å². The molecule has 0 atom stereocenters. The maximum atomic E-state index is 12.2. The molecule has 0 saturated heterocycles. The summed E-state index contributed by atoms with van der Waals surface area (Å²) in [7, 11) is 0. The van der Waals surface area contributed by atoms with Crippen LogP contribution in [0.4, 0.5) is 11.4 Å². The molecule has 20 heavy (non-hydrogen) atoms. The van der Waals surface area contributed by atoms with Gasteiger partial charge in [0.2, 0.25) is 6.79 Å². The average Bonchev–Trinajstić information content (AvgIpc) is 2.85. The number of hydrogen-bond acceptors (Lipinski definition) is 4. The molecule has 3 N–H and O–H groups in total. The smallest absolute Gasteiger partial charge is 0.257 e. The fourth-order valence-corrected chi connectivity index (χ4v) is 2.29. The van der Waals surface area contributed by atoms with Gasteiger partial charge < -0.3 is 20.5 Å². The normalized spacial score (nSPS) is 12.2. The lowest BCUT2D eigenvalue weighted by atomic mass is 10.1. The molecule has 0 unspecified atom stereocenters. The number of hydrogen-bond donors (Lipinski definition) is 2. The number of carbonyl (C=O) groups excluding carboxylic acids is 1. The molecule has 5 nitrogen and oxygen atoms in total. The van der Waals surface area contributed by atoms with Gasteiger partial charge in [0.1, 0.15) is 0 Å². The maximum Gasteiger partial charge on any atom is 0.257 e. The van der Waals surface area contributed by atoms with Crippen LogP contribution in [0.25, 0.3) is 0 Å². The van der Waals surface area contributed by atoms with Crippen LogP contribution < -0.4 is 20.5 Å². The number of carbonyl (C=O) groups is 1. The molecular formula is C14H11BrN2O3. The zero-order valence-corrected chi connectivity index (χ0v) is 11.9. The van der Waals surface area contributed by atoms with Crippen molar-refractivity contribution in [3.8, 4) is 11.5 Å². The number of nitrogens with one attached hydrogen (secondary N) is 1. The van der Waals surface area contributed by atoms with E-state index in [2.05, 4.69) is 21.2 Å². The van der Waals surface area contributed by atoms with E-state index in [-0.39, 0.29) is 12.7 Å². The highest BCUT2D eigenvalue weighted by Gasteiger charge is 2.15. The molecule has 0 spiro atoms. The van der Waals surface area contributed by atoms with Crippen molar-refractivity contribution >= 4 is 33.2 Å². The van der Waals surface area contributed by atoms with E-state index < -0.39 is 0 Å². The standard InChI is InChI=1S/C14H11BrN2O3/c15-8-1-3-10(11(16)5-8)14(18)17-9-2-4-12-13(6-9)20-7-19-12/h1-6H,7,16H2,(H,17,18). The minimum atomic E-state index is -0.270. The van der Waals surface area contributed by atoms with E-state index in [1.165, 1.54) is 0 Å². The Kier molecular flexibility index (Phi) is 3.23. The van der Waals surface area contributed by atoms with Crippen molar-refractivity contribution in [3.05, 3.63) is 46.4 Å². The van der Waals surface area contributed by atoms with E-state index in [0.29, 0.717) is 28.4 Å². The molecule has 2 aromatic carbocycles. The van der Waals surface area contributed by atoms with Crippen LogP contribution in [-0.4, -0.2) is 12.7 Å². The second-order valence-electron chi connectivity index (χ2n) is 4.25. The first-order chi connectivity index (χ1) is 9.63. The van der Waals surface area contributed by atoms with E-state index in [0.717, 1.165) is 4.47 Å². The second kappa shape index (κ2) is 5.05. The number of fused-ring (bicyclic) bond motifs is 1. The second-order valence-corrected chi connectivity index (χ2v) is 5.17. The van der Waals surface area contributed by atoms with Crippen LogP contribution in [-0.2, 0) is 0 Å². The Morgan fingerprint density at radius 2 is 1.95 bits per heavy atom. The van der Waals surface area contributed by atoms with E-state index in [1.807, 2.05) is 0 Å². The SMILES string of the molecule is Nc1cc(Br)ccc1C(=O)Nc1ccc2c(c1)OCO2. The summed E-state index contributed by atoms with van der Waals surface area (Å²) in [5.74, 6) is 1.02. The molecule has 6 heteroatoms. The Balaban J connectivity index is 1.82. The lowest BCUT2D eigenvalue weighted by Crippen LogP contribution is -2.13. The molecule has 0 fully saturated rings. The van der Waals surface area contributed by atoms with Gasteiger partial charge >= 0.3 is 0 Å². The lowest BCUT2D eigenvalue weighted by Gasteiger charge is -2.08. The summed E-state index contributed by atoms with van der Waals surface area (Å²) < 4.78 is 11.3. The molecule has 0 aromatic heterocycles. The lowest BCUT2D eigenvalue weighted by molar-refractivity contribution is 0.102. The zero-order valence-electron chi connectivity index (χ0n) is 10.4. The third kappa shape index (κ3) is 2.42. The number of halogens is 1. The highest BCUT2D eigenvalue weighted by Crippen LogP contribution is 2.34. The number of nitrogens with two attached hydrogens (primary N) is 1. The zero-order chi connectivity index (χ0) is 14.1. The number of benzene rings is 2. The van der Waals surface area contributed by atoms with Gasteiger partial charge in [-0.2, -0.15) is 0 Å². The monoisotopic (exact) mass is 334 g/mol. The molecule has 1 heterocycles. The van der Waals surface area contributed by atoms with Gasteiger partial charge in [0.15, 0.2) is 11.5 Å². The Labute approximate surface area is 123 Å². The van der Waals surface area contributed by atoms with E-state index in [1.54, 1.807) is 36.4 Å². The first-order valence-electron chi connectivity index (χ1n) is 5.89. The predicted octanol–water partition coefficient (Wildman–Crippen LogP) is 3.01. The highest BCUT2D eigenvalue weighted by atomic mass is 79.9. The number of anilines is 2. The Morgan fingerprint density at radius 1 is 1.15 bits per heavy atom. The first kappa shape index (κ1) is 12.8. The quantitative estimate of drug-likeness (QED) is 0.828. The van der Waals surface area contributed by atoms with Crippen LogP contribution in [0.1, 0.15) is 10.4 Å². The largest absolute Gasteiger partial charge is 0.454 e. The molecule has 0 aliphatic carbocycles. The average molecular weight is 335 g/mol. The van der Waals surface area contributed by atoms with Crippen molar-refractivity contribution < 1.29 is 14.3 Å². The molecule has 0 saturated carbocycles. The third-order valence-electron chi connectivity index (χ3n) is 2.89. The maximum absolute atomic E-state index is 12.2. The predicted molar refractivity (Wildman–Crippen MR) is 79.1 cm³/mol. The Hall–Kier alpha value is -2.21. The number of amides is 1.